The maximum absolute atomic E-state index is 11.8. The predicted octanol–water partition coefficient (Wildman–Crippen LogP) is 5.81. The number of rotatable bonds is 6. The summed E-state index contributed by atoms with van der Waals surface area (Å²) in [4.78, 5) is 15.2. The van der Waals surface area contributed by atoms with E-state index in [-0.39, 0.29) is 5.37 Å². The maximum atomic E-state index is 11.8. The standard InChI is InChI=1S/C20H25NO3S2/c1-14(21-19(22)24-20(2,3)4)25-16-9-11-17(12-10-16)26-18-8-6-7-15(13-18)23-5/h6-14H,1-5H3,(H,21,22)/t14-/m1/s1. The van der Waals surface area contributed by atoms with Gasteiger partial charge in [0.1, 0.15) is 11.4 Å². The number of nitrogens with one attached hydrogen (secondary N) is 1. The van der Waals surface area contributed by atoms with E-state index in [0.29, 0.717) is 0 Å². The van der Waals surface area contributed by atoms with Gasteiger partial charge in [0, 0.05) is 14.7 Å². The predicted molar refractivity (Wildman–Crippen MR) is 108 cm³/mol. The highest BCUT2D eigenvalue weighted by Gasteiger charge is 2.18. The van der Waals surface area contributed by atoms with E-state index < -0.39 is 11.7 Å². The molecule has 0 spiro atoms. The Bertz CT molecular complexity index is 727. The second-order valence-electron chi connectivity index (χ2n) is 6.66. The minimum Gasteiger partial charge on any atom is -0.497 e. The number of ether oxygens (including phenoxy) is 2. The van der Waals surface area contributed by atoms with Crippen molar-refractivity contribution in [3.63, 3.8) is 0 Å². The Labute approximate surface area is 164 Å². The van der Waals surface area contributed by atoms with E-state index in [1.165, 1.54) is 0 Å². The Kier molecular flexibility index (Phi) is 7.29. The van der Waals surface area contributed by atoms with E-state index in [1.807, 2.05) is 45.9 Å². The smallest absolute Gasteiger partial charge is 0.408 e. The average Bonchev–Trinajstić information content (AvgIpc) is 2.55. The first-order valence-electron chi connectivity index (χ1n) is 8.33. The molecule has 140 valence electrons. The van der Waals surface area contributed by atoms with Crippen molar-refractivity contribution in [1.82, 2.24) is 5.32 Å². The first kappa shape index (κ1) is 20.5. The molecule has 26 heavy (non-hydrogen) atoms. The molecule has 2 rings (SSSR count). The van der Waals surface area contributed by atoms with E-state index in [4.69, 9.17) is 9.47 Å². The fourth-order valence-corrected chi connectivity index (χ4v) is 3.82. The van der Waals surface area contributed by atoms with Crippen molar-refractivity contribution in [1.29, 1.82) is 0 Å². The third kappa shape index (κ3) is 7.22. The molecular weight excluding hydrogens is 366 g/mol. The Morgan fingerprint density at radius 1 is 1.04 bits per heavy atom. The lowest BCUT2D eigenvalue weighted by atomic mass is 10.2. The number of carbonyl (C=O) groups is 1. The summed E-state index contributed by atoms with van der Waals surface area (Å²) in [5.74, 6) is 0.851. The largest absolute Gasteiger partial charge is 0.497 e. The molecule has 0 aliphatic rings. The van der Waals surface area contributed by atoms with Crippen LogP contribution >= 0.6 is 23.5 Å². The van der Waals surface area contributed by atoms with Gasteiger partial charge in [-0.3, -0.25) is 0 Å². The van der Waals surface area contributed by atoms with Gasteiger partial charge in [0.15, 0.2) is 0 Å². The van der Waals surface area contributed by atoms with E-state index in [2.05, 4.69) is 35.6 Å². The average molecular weight is 392 g/mol. The summed E-state index contributed by atoms with van der Waals surface area (Å²) in [7, 11) is 1.67. The summed E-state index contributed by atoms with van der Waals surface area (Å²) in [6.07, 6.45) is -0.400. The van der Waals surface area contributed by atoms with Crippen LogP contribution in [-0.2, 0) is 4.74 Å². The van der Waals surface area contributed by atoms with Gasteiger partial charge in [-0.05, 0) is 70.2 Å². The van der Waals surface area contributed by atoms with Gasteiger partial charge in [0.2, 0.25) is 0 Å². The molecular formula is C20H25NO3S2. The Morgan fingerprint density at radius 2 is 1.69 bits per heavy atom. The molecule has 0 aliphatic heterocycles. The van der Waals surface area contributed by atoms with Crippen LogP contribution in [-0.4, -0.2) is 24.2 Å². The number of benzene rings is 2. The SMILES string of the molecule is COc1cccc(Sc2ccc(S[C@H](C)NC(=O)OC(C)(C)C)cc2)c1. The lowest BCUT2D eigenvalue weighted by Gasteiger charge is -2.21. The second-order valence-corrected chi connectivity index (χ2v) is 9.22. The number of carbonyl (C=O) groups excluding carboxylic acids is 1. The topological polar surface area (TPSA) is 47.6 Å². The van der Waals surface area contributed by atoms with Gasteiger partial charge in [0.25, 0.3) is 0 Å². The van der Waals surface area contributed by atoms with Gasteiger partial charge < -0.3 is 14.8 Å². The van der Waals surface area contributed by atoms with Crippen molar-refractivity contribution in [3.05, 3.63) is 48.5 Å². The van der Waals surface area contributed by atoms with Crippen LogP contribution in [0.4, 0.5) is 4.79 Å². The van der Waals surface area contributed by atoms with Crippen molar-refractivity contribution < 1.29 is 14.3 Å². The highest BCUT2D eigenvalue weighted by Crippen LogP contribution is 2.32. The van der Waals surface area contributed by atoms with E-state index in [0.717, 1.165) is 20.4 Å². The summed E-state index contributed by atoms with van der Waals surface area (Å²) in [6, 6.07) is 16.3. The summed E-state index contributed by atoms with van der Waals surface area (Å²) in [6.45, 7) is 7.49. The zero-order chi connectivity index (χ0) is 19.2. The minimum absolute atomic E-state index is 0.0817. The molecule has 2 aromatic rings. The fourth-order valence-electron chi connectivity index (χ4n) is 2.09. The summed E-state index contributed by atoms with van der Waals surface area (Å²) < 4.78 is 10.5. The van der Waals surface area contributed by atoms with Gasteiger partial charge >= 0.3 is 6.09 Å². The second kappa shape index (κ2) is 9.24. The molecule has 0 fully saturated rings. The molecule has 1 amide bonds. The first-order chi connectivity index (χ1) is 12.2. The molecule has 0 saturated carbocycles. The van der Waals surface area contributed by atoms with Crippen molar-refractivity contribution >= 4 is 29.6 Å². The fraction of sp³-hybridized carbons (Fsp3) is 0.350. The maximum Gasteiger partial charge on any atom is 0.408 e. The third-order valence-corrected chi connectivity index (χ3v) is 5.15. The quantitative estimate of drug-likeness (QED) is 0.497. The van der Waals surface area contributed by atoms with Gasteiger partial charge in [-0.2, -0.15) is 0 Å². The molecule has 6 heteroatoms. The normalized spacial score (nSPS) is 12.3. The number of amides is 1. The molecule has 1 atom stereocenters. The lowest BCUT2D eigenvalue weighted by Crippen LogP contribution is -2.36. The van der Waals surface area contributed by atoms with Gasteiger partial charge in [-0.25, -0.2) is 4.79 Å². The molecule has 1 N–H and O–H groups in total. The molecule has 0 unspecified atom stereocenters. The van der Waals surface area contributed by atoms with Crippen LogP contribution in [0.1, 0.15) is 27.7 Å². The van der Waals surface area contributed by atoms with E-state index >= 15 is 0 Å². The monoisotopic (exact) mass is 391 g/mol. The number of thioether (sulfide) groups is 1. The molecule has 0 bridgehead atoms. The summed E-state index contributed by atoms with van der Waals surface area (Å²) >= 11 is 3.26. The van der Waals surface area contributed by atoms with Crippen LogP contribution in [0.2, 0.25) is 0 Å². The number of hydrogen-bond donors (Lipinski definition) is 1. The highest BCUT2D eigenvalue weighted by molar-refractivity contribution is 8.00. The van der Waals surface area contributed by atoms with Crippen LogP contribution in [0.3, 0.4) is 0 Å². The van der Waals surface area contributed by atoms with Crippen molar-refractivity contribution in [2.75, 3.05) is 7.11 Å². The van der Waals surface area contributed by atoms with Crippen LogP contribution in [0.15, 0.2) is 63.2 Å². The number of alkyl carbamates (subject to hydrolysis) is 1. The van der Waals surface area contributed by atoms with Crippen LogP contribution in [0.25, 0.3) is 0 Å². The lowest BCUT2D eigenvalue weighted by molar-refractivity contribution is 0.0525. The number of hydrogen-bond acceptors (Lipinski definition) is 5. The molecule has 0 radical (unpaired) electrons. The zero-order valence-corrected chi connectivity index (χ0v) is 17.4. The molecule has 0 heterocycles. The molecule has 0 aromatic heterocycles. The van der Waals surface area contributed by atoms with Gasteiger partial charge in [-0.1, -0.05) is 17.8 Å². The van der Waals surface area contributed by atoms with Crippen LogP contribution < -0.4 is 10.1 Å². The van der Waals surface area contributed by atoms with Crippen molar-refractivity contribution in [3.8, 4) is 5.75 Å². The van der Waals surface area contributed by atoms with Crippen LogP contribution in [0, 0.1) is 0 Å². The molecule has 0 aliphatic carbocycles. The Morgan fingerprint density at radius 3 is 2.31 bits per heavy atom. The van der Waals surface area contributed by atoms with E-state index in [1.54, 1.807) is 30.6 Å². The van der Waals surface area contributed by atoms with Gasteiger partial charge in [0.05, 0.1) is 12.5 Å². The van der Waals surface area contributed by atoms with Crippen LogP contribution in [0.5, 0.6) is 5.75 Å². The Balaban J connectivity index is 1.89. The first-order valence-corrected chi connectivity index (χ1v) is 10.0. The molecule has 2 aromatic carbocycles. The zero-order valence-electron chi connectivity index (χ0n) is 15.7. The third-order valence-electron chi connectivity index (χ3n) is 3.13. The summed E-state index contributed by atoms with van der Waals surface area (Å²) in [5, 5.41) is 2.75. The molecule has 4 nitrogen and oxygen atoms in total. The van der Waals surface area contributed by atoms with Crippen molar-refractivity contribution in [2.45, 2.75) is 53.4 Å². The highest BCUT2D eigenvalue weighted by atomic mass is 32.2. The molecule has 0 saturated heterocycles. The Hall–Kier alpha value is -1.79. The number of methoxy groups -OCH3 is 1. The minimum atomic E-state index is -0.493. The van der Waals surface area contributed by atoms with Gasteiger partial charge in [-0.15, -0.1) is 11.8 Å². The summed E-state index contributed by atoms with van der Waals surface area (Å²) in [5.41, 5.74) is -0.493. The van der Waals surface area contributed by atoms with E-state index in [9.17, 15) is 4.79 Å². The van der Waals surface area contributed by atoms with Crippen molar-refractivity contribution in [2.24, 2.45) is 0 Å².